The number of benzene rings is 1. The standard InChI is InChI=1S/C17H26N2O2/c1-4-21-17-11-12(5-8-16(17)20-3)18-13-9-14-6-7-15(10-13)19(14)2/h5,8,11,13-15,18H,4,6-7,9-10H2,1-3H3. The molecule has 3 rings (SSSR count). The minimum atomic E-state index is 0.571. The van der Waals surface area contributed by atoms with Crippen molar-refractivity contribution in [1.29, 1.82) is 0 Å². The van der Waals surface area contributed by atoms with Crippen LogP contribution in [0.15, 0.2) is 18.2 Å². The predicted molar refractivity (Wildman–Crippen MR) is 85.4 cm³/mol. The maximum Gasteiger partial charge on any atom is 0.163 e. The molecule has 0 aromatic heterocycles. The van der Waals surface area contributed by atoms with Gasteiger partial charge in [0.25, 0.3) is 0 Å². The van der Waals surface area contributed by atoms with Gasteiger partial charge in [-0.25, -0.2) is 0 Å². The van der Waals surface area contributed by atoms with Crippen molar-refractivity contribution in [3.8, 4) is 11.5 Å². The van der Waals surface area contributed by atoms with Crippen molar-refractivity contribution in [2.24, 2.45) is 0 Å². The van der Waals surface area contributed by atoms with Crippen LogP contribution in [0.1, 0.15) is 32.6 Å². The van der Waals surface area contributed by atoms with Gasteiger partial charge in [0.1, 0.15) is 0 Å². The van der Waals surface area contributed by atoms with Gasteiger partial charge in [0.2, 0.25) is 0 Å². The number of hydrogen-bond acceptors (Lipinski definition) is 4. The summed E-state index contributed by atoms with van der Waals surface area (Å²) in [6, 6.07) is 8.21. The number of nitrogens with zero attached hydrogens (tertiary/aromatic N) is 1. The molecule has 0 saturated carbocycles. The Bertz CT molecular complexity index is 478. The Morgan fingerprint density at radius 3 is 2.52 bits per heavy atom. The first-order chi connectivity index (χ1) is 10.2. The zero-order valence-electron chi connectivity index (χ0n) is 13.3. The van der Waals surface area contributed by atoms with Gasteiger partial charge >= 0.3 is 0 Å². The third-order valence-electron chi connectivity index (χ3n) is 4.93. The van der Waals surface area contributed by atoms with Gasteiger partial charge in [0, 0.05) is 29.9 Å². The minimum Gasteiger partial charge on any atom is -0.493 e. The smallest absolute Gasteiger partial charge is 0.163 e. The summed E-state index contributed by atoms with van der Waals surface area (Å²) in [6.45, 7) is 2.65. The number of anilines is 1. The molecule has 0 amide bonds. The molecule has 21 heavy (non-hydrogen) atoms. The van der Waals surface area contributed by atoms with Gasteiger partial charge in [-0.1, -0.05) is 0 Å². The molecule has 2 fully saturated rings. The quantitative estimate of drug-likeness (QED) is 0.903. The first kappa shape index (κ1) is 14.5. The molecule has 2 unspecified atom stereocenters. The zero-order chi connectivity index (χ0) is 14.8. The molecule has 0 radical (unpaired) electrons. The van der Waals surface area contributed by atoms with Crippen molar-refractivity contribution >= 4 is 5.69 Å². The average Bonchev–Trinajstić information content (AvgIpc) is 2.71. The van der Waals surface area contributed by atoms with E-state index in [2.05, 4.69) is 29.4 Å². The second kappa shape index (κ2) is 6.14. The third kappa shape index (κ3) is 2.95. The summed E-state index contributed by atoms with van der Waals surface area (Å²) in [4.78, 5) is 2.57. The van der Waals surface area contributed by atoms with Crippen LogP contribution in [-0.2, 0) is 0 Å². The van der Waals surface area contributed by atoms with E-state index in [1.807, 2.05) is 13.0 Å². The van der Waals surface area contributed by atoms with Gasteiger partial charge in [0.05, 0.1) is 13.7 Å². The van der Waals surface area contributed by atoms with Crippen LogP contribution in [-0.4, -0.2) is 43.8 Å². The minimum absolute atomic E-state index is 0.571. The van der Waals surface area contributed by atoms with Crippen molar-refractivity contribution in [2.75, 3.05) is 26.1 Å². The van der Waals surface area contributed by atoms with E-state index in [4.69, 9.17) is 9.47 Å². The number of piperidine rings is 1. The lowest BCUT2D eigenvalue weighted by atomic mass is 9.98. The highest BCUT2D eigenvalue weighted by Crippen LogP contribution is 2.36. The Balaban J connectivity index is 1.69. The van der Waals surface area contributed by atoms with E-state index in [-0.39, 0.29) is 0 Å². The van der Waals surface area contributed by atoms with Gasteiger partial charge in [0.15, 0.2) is 11.5 Å². The van der Waals surface area contributed by atoms with E-state index in [0.717, 1.165) is 29.3 Å². The average molecular weight is 290 g/mol. The Hall–Kier alpha value is -1.42. The monoisotopic (exact) mass is 290 g/mol. The fourth-order valence-corrected chi connectivity index (χ4v) is 3.80. The second-order valence-electron chi connectivity index (χ2n) is 6.16. The molecule has 4 heteroatoms. The Labute approximate surface area is 127 Å². The largest absolute Gasteiger partial charge is 0.493 e. The number of ether oxygens (including phenoxy) is 2. The molecule has 1 aromatic carbocycles. The summed E-state index contributed by atoms with van der Waals surface area (Å²) in [5.74, 6) is 1.62. The van der Waals surface area contributed by atoms with E-state index in [0.29, 0.717) is 12.6 Å². The molecule has 0 aliphatic carbocycles. The fourth-order valence-electron chi connectivity index (χ4n) is 3.80. The van der Waals surface area contributed by atoms with Crippen LogP contribution in [0.5, 0.6) is 11.5 Å². The van der Waals surface area contributed by atoms with E-state index in [1.54, 1.807) is 7.11 Å². The predicted octanol–water partition coefficient (Wildman–Crippen LogP) is 3.13. The first-order valence-corrected chi connectivity index (χ1v) is 8.00. The van der Waals surface area contributed by atoms with E-state index < -0.39 is 0 Å². The molecule has 2 atom stereocenters. The number of fused-ring (bicyclic) bond motifs is 2. The number of nitrogens with one attached hydrogen (secondary N) is 1. The number of hydrogen-bond donors (Lipinski definition) is 1. The molecule has 2 saturated heterocycles. The van der Waals surface area contributed by atoms with Gasteiger partial charge in [-0.15, -0.1) is 0 Å². The Morgan fingerprint density at radius 1 is 1.19 bits per heavy atom. The summed E-state index contributed by atoms with van der Waals surface area (Å²) in [6.07, 6.45) is 5.18. The zero-order valence-corrected chi connectivity index (χ0v) is 13.3. The fraction of sp³-hybridized carbons (Fsp3) is 0.647. The van der Waals surface area contributed by atoms with Crippen molar-refractivity contribution in [3.05, 3.63) is 18.2 Å². The van der Waals surface area contributed by atoms with Crippen molar-refractivity contribution in [2.45, 2.75) is 50.7 Å². The molecule has 1 aromatic rings. The number of methoxy groups -OCH3 is 1. The lowest BCUT2D eigenvalue weighted by Gasteiger charge is -2.37. The van der Waals surface area contributed by atoms with Crippen LogP contribution >= 0.6 is 0 Å². The SMILES string of the molecule is CCOc1cc(NC2CC3CCC(C2)N3C)ccc1OC. The highest BCUT2D eigenvalue weighted by Gasteiger charge is 2.38. The van der Waals surface area contributed by atoms with Gasteiger partial charge < -0.3 is 19.7 Å². The van der Waals surface area contributed by atoms with E-state index >= 15 is 0 Å². The van der Waals surface area contributed by atoms with Crippen molar-refractivity contribution in [3.63, 3.8) is 0 Å². The van der Waals surface area contributed by atoms with Crippen molar-refractivity contribution < 1.29 is 9.47 Å². The van der Waals surface area contributed by atoms with Gasteiger partial charge in [-0.3, -0.25) is 0 Å². The number of rotatable bonds is 5. The summed E-state index contributed by atoms with van der Waals surface area (Å²) >= 11 is 0. The Morgan fingerprint density at radius 2 is 1.90 bits per heavy atom. The molecular weight excluding hydrogens is 264 g/mol. The Kier molecular flexibility index (Phi) is 4.24. The highest BCUT2D eigenvalue weighted by molar-refractivity contribution is 5.55. The summed E-state index contributed by atoms with van der Waals surface area (Å²) < 4.78 is 11.0. The van der Waals surface area contributed by atoms with Gasteiger partial charge in [-0.2, -0.15) is 0 Å². The van der Waals surface area contributed by atoms with Crippen molar-refractivity contribution in [1.82, 2.24) is 4.90 Å². The lowest BCUT2D eigenvalue weighted by Crippen LogP contribution is -2.44. The van der Waals surface area contributed by atoms with Crippen LogP contribution in [0.25, 0.3) is 0 Å². The molecule has 0 spiro atoms. The van der Waals surface area contributed by atoms with E-state index in [1.165, 1.54) is 25.7 Å². The molecular formula is C17H26N2O2. The maximum absolute atomic E-state index is 5.66. The molecule has 2 bridgehead atoms. The molecule has 2 aliphatic rings. The normalized spacial score (nSPS) is 28.4. The molecule has 2 heterocycles. The van der Waals surface area contributed by atoms with Crippen LogP contribution < -0.4 is 14.8 Å². The maximum atomic E-state index is 5.66. The summed E-state index contributed by atoms with van der Waals surface area (Å²) in [7, 11) is 3.96. The van der Waals surface area contributed by atoms with E-state index in [9.17, 15) is 0 Å². The van der Waals surface area contributed by atoms with Gasteiger partial charge in [-0.05, 0) is 51.8 Å². The first-order valence-electron chi connectivity index (χ1n) is 8.00. The molecule has 1 N–H and O–H groups in total. The third-order valence-corrected chi connectivity index (χ3v) is 4.93. The molecule has 116 valence electrons. The topological polar surface area (TPSA) is 33.7 Å². The van der Waals surface area contributed by atoms with Crippen LogP contribution in [0.2, 0.25) is 0 Å². The lowest BCUT2D eigenvalue weighted by molar-refractivity contribution is 0.169. The second-order valence-corrected chi connectivity index (χ2v) is 6.16. The summed E-state index contributed by atoms with van der Waals surface area (Å²) in [5, 5.41) is 3.69. The van der Waals surface area contributed by atoms with Crippen LogP contribution in [0.4, 0.5) is 5.69 Å². The molecule has 2 aliphatic heterocycles. The summed E-state index contributed by atoms with van der Waals surface area (Å²) in [5.41, 5.74) is 1.13. The van der Waals surface area contributed by atoms with Crippen LogP contribution in [0, 0.1) is 0 Å². The highest BCUT2D eigenvalue weighted by atomic mass is 16.5. The van der Waals surface area contributed by atoms with Crippen LogP contribution in [0.3, 0.4) is 0 Å². The molecule has 4 nitrogen and oxygen atoms in total.